The number of hydrogen-bond acceptors (Lipinski definition) is 7. The van der Waals surface area contributed by atoms with Crippen LogP contribution in [-0.4, -0.2) is 63.7 Å². The van der Waals surface area contributed by atoms with E-state index in [0.29, 0.717) is 5.56 Å². The normalized spacial score (nSPS) is 10.5. The number of ether oxygens (including phenoxy) is 1. The van der Waals surface area contributed by atoms with Crippen LogP contribution in [0.2, 0.25) is 0 Å². The molecular formula is C37H34N8O4. The summed E-state index contributed by atoms with van der Waals surface area (Å²) in [6, 6.07) is 26.0. The first-order valence-corrected chi connectivity index (χ1v) is 14.4. The van der Waals surface area contributed by atoms with Crippen molar-refractivity contribution in [2.75, 3.05) is 7.11 Å². The quantitative estimate of drug-likeness (QED) is 0.155. The molecule has 4 aromatic carbocycles. The summed E-state index contributed by atoms with van der Waals surface area (Å²) in [6.45, 7) is 0. The second kappa shape index (κ2) is 14.3. The highest BCUT2D eigenvalue weighted by atomic mass is 16.5. The maximum atomic E-state index is 11.5. The molecule has 4 heterocycles. The fourth-order valence-electron chi connectivity index (χ4n) is 5.24. The average molecular weight is 655 g/mol. The highest BCUT2D eigenvalue weighted by molar-refractivity contribution is 5.90. The first-order valence-electron chi connectivity index (χ1n) is 14.4. The van der Waals surface area contributed by atoms with Crippen LogP contribution < -0.4 is 0 Å². The van der Waals surface area contributed by atoms with E-state index < -0.39 is 5.97 Å². The molecule has 246 valence electrons. The van der Waals surface area contributed by atoms with Gasteiger partial charge in [0, 0.05) is 34.9 Å². The third-order valence-corrected chi connectivity index (χ3v) is 7.72. The Morgan fingerprint density at radius 2 is 1.08 bits per heavy atom. The van der Waals surface area contributed by atoms with Gasteiger partial charge >= 0.3 is 11.9 Å². The Labute approximate surface area is 281 Å². The minimum Gasteiger partial charge on any atom is -0.478 e. The van der Waals surface area contributed by atoms with E-state index in [4.69, 9.17) is 9.84 Å². The summed E-state index contributed by atoms with van der Waals surface area (Å²) in [4.78, 5) is 31.3. The Balaban J connectivity index is 0.000000184. The number of nitrogens with zero attached hydrogens (tertiary/aromatic N) is 6. The van der Waals surface area contributed by atoms with Gasteiger partial charge in [0.1, 0.15) is 12.7 Å². The maximum Gasteiger partial charge on any atom is 0.337 e. The van der Waals surface area contributed by atoms with Gasteiger partial charge in [-0.25, -0.2) is 19.6 Å². The zero-order chi connectivity index (χ0) is 32.3. The Morgan fingerprint density at radius 3 is 1.47 bits per heavy atom. The van der Waals surface area contributed by atoms with Crippen molar-refractivity contribution in [1.29, 1.82) is 0 Å². The SMILES string of the molecule is C.C.COC(=O)c1ccc(-n2cnc3ccc(-c4cn[nH]c4)cc32)cc1.O=C(O)c1ccc(-n2cnc3ccc(-c4cn[nH]c4)cc32)cc1. The lowest BCUT2D eigenvalue weighted by Crippen LogP contribution is -2.01. The van der Waals surface area contributed by atoms with Gasteiger partial charge in [-0.15, -0.1) is 0 Å². The Morgan fingerprint density at radius 1 is 0.633 bits per heavy atom. The molecule has 0 unspecified atom stereocenters. The number of H-pyrrole nitrogens is 2. The van der Waals surface area contributed by atoms with Gasteiger partial charge in [-0.3, -0.25) is 19.3 Å². The van der Waals surface area contributed by atoms with Gasteiger partial charge < -0.3 is 9.84 Å². The fourth-order valence-corrected chi connectivity index (χ4v) is 5.24. The number of carbonyl (C=O) groups is 2. The monoisotopic (exact) mass is 654 g/mol. The van der Waals surface area contributed by atoms with Gasteiger partial charge in [-0.1, -0.05) is 27.0 Å². The van der Waals surface area contributed by atoms with E-state index in [2.05, 4.69) is 36.4 Å². The number of rotatable bonds is 6. The number of hydrogen-bond donors (Lipinski definition) is 3. The predicted molar refractivity (Wildman–Crippen MR) is 189 cm³/mol. The topological polar surface area (TPSA) is 157 Å². The fraction of sp³-hybridized carbons (Fsp3) is 0.0811. The van der Waals surface area contributed by atoms with Gasteiger partial charge in [-0.05, 0) is 83.9 Å². The van der Waals surface area contributed by atoms with E-state index in [1.165, 1.54) is 7.11 Å². The smallest absolute Gasteiger partial charge is 0.337 e. The molecule has 3 N–H and O–H groups in total. The number of methoxy groups -OCH3 is 1. The molecule has 12 nitrogen and oxygen atoms in total. The van der Waals surface area contributed by atoms with Crippen molar-refractivity contribution in [1.82, 2.24) is 39.5 Å². The van der Waals surface area contributed by atoms with E-state index in [-0.39, 0.29) is 26.4 Å². The second-order valence-corrected chi connectivity index (χ2v) is 10.5. The van der Waals surface area contributed by atoms with E-state index in [9.17, 15) is 9.59 Å². The standard InChI is InChI=1S/C18H14N4O2.C17H12N4O2.2CH4/c1-24-18(23)12-2-5-15(6-3-12)22-11-19-16-7-4-13(8-17(16)22)14-9-20-21-10-14;22-17(23)11-1-4-14(5-2-11)21-10-18-15-6-3-12(7-16(15)21)13-8-19-20-9-13;;/h2-11H,1H3,(H,20,21);1-10H,(H,19,20)(H,22,23);2*1H4. The maximum absolute atomic E-state index is 11.5. The Hall–Kier alpha value is -6.82. The van der Waals surface area contributed by atoms with Gasteiger partial charge in [0.05, 0.1) is 52.7 Å². The number of benzene rings is 4. The van der Waals surface area contributed by atoms with Crippen molar-refractivity contribution in [2.24, 2.45) is 0 Å². The summed E-state index contributed by atoms with van der Waals surface area (Å²) in [5.41, 5.74) is 10.4. The molecule has 12 heteroatoms. The number of carboxylic acid groups (broad SMARTS) is 1. The van der Waals surface area contributed by atoms with Crippen LogP contribution in [0.3, 0.4) is 0 Å². The number of fused-ring (bicyclic) bond motifs is 2. The summed E-state index contributed by atoms with van der Waals surface area (Å²) in [5, 5.41) is 22.6. The largest absolute Gasteiger partial charge is 0.478 e. The number of carbonyl (C=O) groups excluding carboxylic acids is 1. The van der Waals surface area contributed by atoms with Crippen molar-refractivity contribution >= 4 is 34.0 Å². The second-order valence-electron chi connectivity index (χ2n) is 10.5. The predicted octanol–water partition coefficient (Wildman–Crippen LogP) is 7.59. The van der Waals surface area contributed by atoms with Crippen molar-refractivity contribution in [3.05, 3.63) is 133 Å². The van der Waals surface area contributed by atoms with Crippen molar-refractivity contribution < 1.29 is 19.4 Å². The van der Waals surface area contributed by atoms with Crippen molar-refractivity contribution in [3.63, 3.8) is 0 Å². The molecule has 0 saturated heterocycles. The highest BCUT2D eigenvalue weighted by Gasteiger charge is 2.11. The lowest BCUT2D eigenvalue weighted by atomic mass is 10.1. The minimum absolute atomic E-state index is 0. The molecule has 0 aliphatic carbocycles. The van der Waals surface area contributed by atoms with Gasteiger partial charge in [-0.2, -0.15) is 10.2 Å². The lowest BCUT2D eigenvalue weighted by molar-refractivity contribution is 0.0599. The summed E-state index contributed by atoms with van der Waals surface area (Å²) in [6.07, 6.45) is 10.8. The van der Waals surface area contributed by atoms with Crippen LogP contribution in [0.4, 0.5) is 0 Å². The summed E-state index contributed by atoms with van der Waals surface area (Å²) >= 11 is 0. The number of carboxylic acids is 1. The first-order chi connectivity index (χ1) is 23.0. The lowest BCUT2D eigenvalue weighted by Gasteiger charge is -2.06. The molecule has 4 aromatic heterocycles. The molecule has 0 amide bonds. The zero-order valence-electron chi connectivity index (χ0n) is 24.9. The molecule has 0 saturated carbocycles. The van der Waals surface area contributed by atoms with Gasteiger partial charge in [0.25, 0.3) is 0 Å². The van der Waals surface area contributed by atoms with Crippen LogP contribution in [0.25, 0.3) is 55.7 Å². The van der Waals surface area contributed by atoms with E-state index in [0.717, 1.165) is 55.7 Å². The molecule has 0 fully saturated rings. The molecular weight excluding hydrogens is 620 g/mol. The molecule has 49 heavy (non-hydrogen) atoms. The first kappa shape index (κ1) is 33.5. The Bertz CT molecular complexity index is 2320. The zero-order valence-corrected chi connectivity index (χ0v) is 24.9. The van der Waals surface area contributed by atoms with Crippen LogP contribution in [0, 0.1) is 0 Å². The van der Waals surface area contributed by atoms with Crippen LogP contribution in [0.1, 0.15) is 35.6 Å². The van der Waals surface area contributed by atoms with Crippen molar-refractivity contribution in [2.45, 2.75) is 14.9 Å². The Kier molecular flexibility index (Phi) is 9.79. The molecule has 0 aliphatic rings. The number of imidazole rings is 2. The molecule has 0 spiro atoms. The van der Waals surface area contributed by atoms with E-state index >= 15 is 0 Å². The third-order valence-electron chi connectivity index (χ3n) is 7.72. The van der Waals surface area contributed by atoms with Crippen LogP contribution in [0.15, 0.2) is 122 Å². The molecule has 0 atom stereocenters. The average Bonchev–Trinajstić information content (AvgIpc) is 3.95. The minimum atomic E-state index is -0.936. The van der Waals surface area contributed by atoms with Crippen LogP contribution in [-0.2, 0) is 4.74 Å². The van der Waals surface area contributed by atoms with Crippen LogP contribution >= 0.6 is 0 Å². The molecule has 8 rings (SSSR count). The summed E-state index contributed by atoms with van der Waals surface area (Å²) in [5.74, 6) is -1.28. The van der Waals surface area contributed by atoms with Crippen molar-refractivity contribution in [3.8, 4) is 33.6 Å². The molecule has 0 aliphatic heterocycles. The van der Waals surface area contributed by atoms with Gasteiger partial charge in [0.2, 0.25) is 0 Å². The van der Waals surface area contributed by atoms with E-state index in [1.54, 1.807) is 61.4 Å². The highest BCUT2D eigenvalue weighted by Crippen LogP contribution is 2.27. The van der Waals surface area contributed by atoms with E-state index in [1.807, 2.05) is 64.0 Å². The molecule has 8 aromatic rings. The number of aromatic amines is 2. The number of aromatic carboxylic acids is 1. The third kappa shape index (κ3) is 6.69. The molecule has 0 radical (unpaired) electrons. The van der Waals surface area contributed by atoms with Gasteiger partial charge in [0.15, 0.2) is 0 Å². The molecule has 0 bridgehead atoms. The summed E-state index contributed by atoms with van der Waals surface area (Å²) in [7, 11) is 1.37. The van der Waals surface area contributed by atoms with Crippen LogP contribution in [0.5, 0.6) is 0 Å². The number of esters is 1. The number of aromatic nitrogens is 8. The number of nitrogens with one attached hydrogen (secondary N) is 2. The summed E-state index contributed by atoms with van der Waals surface area (Å²) < 4.78 is 8.65.